The Bertz CT molecular complexity index is 229. The van der Waals surface area contributed by atoms with E-state index in [1.807, 2.05) is 0 Å². The van der Waals surface area contributed by atoms with Crippen molar-refractivity contribution >= 4 is 0 Å². The molecule has 2 nitrogen and oxygen atoms in total. The molecule has 1 aliphatic rings. The average Bonchev–Trinajstić information content (AvgIpc) is 2.88. The molecule has 0 spiro atoms. The molecule has 2 atom stereocenters. The maximum absolute atomic E-state index is 6.11. The van der Waals surface area contributed by atoms with Crippen LogP contribution >= 0.6 is 0 Å². The van der Waals surface area contributed by atoms with E-state index < -0.39 is 0 Å². The third-order valence-electron chi connectivity index (χ3n) is 5.00. The molecule has 1 rings (SSSR count). The van der Waals surface area contributed by atoms with Crippen molar-refractivity contribution < 1.29 is 0 Å². The van der Waals surface area contributed by atoms with Gasteiger partial charge in [0, 0.05) is 18.6 Å². The molecule has 2 N–H and O–H groups in total. The molecule has 1 saturated heterocycles. The first-order chi connectivity index (χ1) is 9.16. The van der Waals surface area contributed by atoms with Crippen molar-refractivity contribution in [3.8, 4) is 0 Å². The fraction of sp³-hybridized carbons (Fsp3) is 1.00. The van der Waals surface area contributed by atoms with Crippen LogP contribution in [0.5, 0.6) is 0 Å². The Balaban J connectivity index is 2.33. The smallest absolute Gasteiger partial charge is 0.0303 e. The van der Waals surface area contributed by atoms with Gasteiger partial charge in [0.15, 0.2) is 0 Å². The van der Waals surface area contributed by atoms with Crippen LogP contribution in [0.3, 0.4) is 0 Å². The molecule has 0 radical (unpaired) electrons. The Labute approximate surface area is 121 Å². The van der Waals surface area contributed by atoms with Crippen molar-refractivity contribution in [1.29, 1.82) is 0 Å². The van der Waals surface area contributed by atoms with Crippen LogP contribution in [0.4, 0.5) is 0 Å². The van der Waals surface area contributed by atoms with Crippen LogP contribution in [0.1, 0.15) is 78.6 Å². The van der Waals surface area contributed by atoms with Gasteiger partial charge in [-0.25, -0.2) is 0 Å². The van der Waals surface area contributed by atoms with Gasteiger partial charge >= 0.3 is 0 Å². The zero-order chi connectivity index (χ0) is 14.1. The highest BCUT2D eigenvalue weighted by atomic mass is 15.2. The van der Waals surface area contributed by atoms with Crippen LogP contribution in [0.2, 0.25) is 0 Å². The highest BCUT2D eigenvalue weighted by Gasteiger charge is 2.35. The molecule has 1 aliphatic heterocycles. The first kappa shape index (κ1) is 17.0. The maximum Gasteiger partial charge on any atom is 0.0303 e. The highest BCUT2D eigenvalue weighted by Crippen LogP contribution is 2.30. The van der Waals surface area contributed by atoms with E-state index in [0.717, 1.165) is 12.5 Å². The number of nitrogens with zero attached hydrogens (tertiary/aromatic N) is 1. The van der Waals surface area contributed by atoms with Crippen molar-refractivity contribution in [3.63, 3.8) is 0 Å². The van der Waals surface area contributed by atoms with Crippen molar-refractivity contribution in [2.45, 2.75) is 84.1 Å². The predicted molar refractivity (Wildman–Crippen MR) is 85.4 cm³/mol. The second kappa shape index (κ2) is 8.97. The van der Waals surface area contributed by atoms with E-state index in [-0.39, 0.29) is 5.54 Å². The molecule has 2 heteroatoms. The molecule has 0 aromatic heterocycles. The molecule has 1 fully saturated rings. The Hall–Kier alpha value is -0.0800. The Morgan fingerprint density at radius 1 is 1.11 bits per heavy atom. The number of hydrogen-bond acceptors (Lipinski definition) is 2. The first-order valence-electron chi connectivity index (χ1n) is 8.61. The molecule has 0 aromatic rings. The molecular weight excluding hydrogens is 232 g/mol. The van der Waals surface area contributed by atoms with Gasteiger partial charge in [0.25, 0.3) is 0 Å². The minimum atomic E-state index is 0.259. The maximum atomic E-state index is 6.11. The number of unbranched alkanes of at least 4 members (excludes halogenated alkanes) is 4. The molecule has 114 valence electrons. The second-order valence-corrected chi connectivity index (χ2v) is 6.75. The molecule has 2 unspecified atom stereocenters. The number of hydrogen-bond donors (Lipinski definition) is 1. The lowest BCUT2D eigenvalue weighted by Crippen LogP contribution is -2.50. The third-order valence-corrected chi connectivity index (χ3v) is 5.00. The average molecular weight is 268 g/mol. The van der Waals surface area contributed by atoms with Crippen LogP contribution in [-0.2, 0) is 0 Å². The third kappa shape index (κ3) is 5.43. The zero-order valence-corrected chi connectivity index (χ0v) is 13.6. The summed E-state index contributed by atoms with van der Waals surface area (Å²) in [5, 5.41) is 0. The van der Waals surface area contributed by atoms with Crippen LogP contribution in [0.15, 0.2) is 0 Å². The molecule has 0 saturated carbocycles. The molecule has 19 heavy (non-hydrogen) atoms. The molecule has 0 aromatic carbocycles. The summed E-state index contributed by atoms with van der Waals surface area (Å²) in [6.45, 7) is 10.4. The summed E-state index contributed by atoms with van der Waals surface area (Å²) < 4.78 is 0. The van der Waals surface area contributed by atoms with Crippen molar-refractivity contribution in [2.24, 2.45) is 11.7 Å². The summed E-state index contributed by atoms with van der Waals surface area (Å²) in [6.07, 6.45) is 12.3. The summed E-state index contributed by atoms with van der Waals surface area (Å²) in [5.41, 5.74) is 6.36. The van der Waals surface area contributed by atoms with Crippen LogP contribution < -0.4 is 5.73 Å². The van der Waals surface area contributed by atoms with Gasteiger partial charge in [-0.15, -0.1) is 0 Å². The topological polar surface area (TPSA) is 29.3 Å². The largest absolute Gasteiger partial charge is 0.329 e. The monoisotopic (exact) mass is 268 g/mol. The molecule has 0 bridgehead atoms. The van der Waals surface area contributed by atoms with Gasteiger partial charge in [-0.1, -0.05) is 52.4 Å². The zero-order valence-electron chi connectivity index (χ0n) is 13.6. The van der Waals surface area contributed by atoms with Gasteiger partial charge in [0.2, 0.25) is 0 Å². The van der Waals surface area contributed by atoms with E-state index >= 15 is 0 Å². The van der Waals surface area contributed by atoms with Crippen LogP contribution in [0.25, 0.3) is 0 Å². The molecule has 0 amide bonds. The summed E-state index contributed by atoms with van der Waals surface area (Å²) in [7, 11) is 0. The second-order valence-electron chi connectivity index (χ2n) is 6.75. The van der Waals surface area contributed by atoms with E-state index in [1.165, 1.54) is 70.9 Å². The summed E-state index contributed by atoms with van der Waals surface area (Å²) in [4.78, 5) is 2.69. The van der Waals surface area contributed by atoms with Gasteiger partial charge in [0.05, 0.1) is 0 Å². The quantitative estimate of drug-likeness (QED) is 0.602. The van der Waals surface area contributed by atoms with Crippen molar-refractivity contribution in [3.05, 3.63) is 0 Å². The highest BCUT2D eigenvalue weighted by molar-refractivity contribution is 4.91. The SMILES string of the molecule is CCCCCCCC(C)(CN)N1CCC(CCC)C1. The van der Waals surface area contributed by atoms with E-state index in [4.69, 9.17) is 5.73 Å². The van der Waals surface area contributed by atoms with Crippen molar-refractivity contribution in [1.82, 2.24) is 4.90 Å². The molecule has 0 aliphatic carbocycles. The molecular formula is C17H36N2. The lowest BCUT2D eigenvalue weighted by molar-refractivity contribution is 0.123. The standard InChI is InChI=1S/C17H36N2/c1-4-6-7-8-9-12-17(3,15-18)19-13-11-16(14-19)10-5-2/h16H,4-15,18H2,1-3H3. The van der Waals surface area contributed by atoms with E-state index in [2.05, 4.69) is 25.7 Å². The van der Waals surface area contributed by atoms with Gasteiger partial charge in [-0.05, 0) is 38.6 Å². The van der Waals surface area contributed by atoms with Gasteiger partial charge in [-0.2, -0.15) is 0 Å². The Morgan fingerprint density at radius 3 is 2.47 bits per heavy atom. The fourth-order valence-corrected chi connectivity index (χ4v) is 3.47. The Morgan fingerprint density at radius 2 is 1.84 bits per heavy atom. The minimum Gasteiger partial charge on any atom is -0.329 e. The summed E-state index contributed by atoms with van der Waals surface area (Å²) in [6, 6.07) is 0. The summed E-state index contributed by atoms with van der Waals surface area (Å²) in [5.74, 6) is 0.927. The van der Waals surface area contributed by atoms with Gasteiger partial charge in [0.1, 0.15) is 0 Å². The van der Waals surface area contributed by atoms with E-state index in [0.29, 0.717) is 0 Å². The minimum absolute atomic E-state index is 0.259. The van der Waals surface area contributed by atoms with E-state index in [1.54, 1.807) is 0 Å². The lowest BCUT2D eigenvalue weighted by atomic mass is 9.92. The van der Waals surface area contributed by atoms with Gasteiger partial charge < -0.3 is 5.73 Å². The van der Waals surface area contributed by atoms with E-state index in [9.17, 15) is 0 Å². The fourth-order valence-electron chi connectivity index (χ4n) is 3.47. The Kier molecular flexibility index (Phi) is 8.01. The van der Waals surface area contributed by atoms with Crippen LogP contribution in [-0.4, -0.2) is 30.1 Å². The summed E-state index contributed by atoms with van der Waals surface area (Å²) >= 11 is 0. The normalized spacial score (nSPS) is 23.7. The number of nitrogens with two attached hydrogens (primary N) is 1. The van der Waals surface area contributed by atoms with Crippen LogP contribution in [0, 0.1) is 5.92 Å². The number of likely N-dealkylation sites (tertiary alicyclic amines) is 1. The predicted octanol–water partition coefficient (Wildman–Crippen LogP) is 4.19. The number of rotatable bonds is 10. The lowest BCUT2D eigenvalue weighted by Gasteiger charge is -2.38. The molecule has 1 heterocycles. The van der Waals surface area contributed by atoms with Crippen molar-refractivity contribution in [2.75, 3.05) is 19.6 Å². The first-order valence-corrected chi connectivity index (χ1v) is 8.61. The van der Waals surface area contributed by atoms with Gasteiger partial charge in [-0.3, -0.25) is 4.90 Å².